The third-order valence-electron chi connectivity index (χ3n) is 5.17. The summed E-state index contributed by atoms with van der Waals surface area (Å²) in [4.78, 5) is 14.7. The maximum Gasteiger partial charge on any atom is 0.271 e. The molecule has 4 rings (SSSR count). The van der Waals surface area contributed by atoms with Crippen molar-refractivity contribution in [3.05, 3.63) is 88.0 Å². The lowest BCUT2D eigenvalue weighted by Gasteiger charge is -2.30. The standard InChI is InChI=1S/C23H22ClFN4O/c24-19-9-8-18(25)13-17(19)15-29-12-4-7-20-22(29)14-21(28-27-20)23(30)26-11-10-16-5-2-1-3-6-16/h1-3,5-6,8-9,13-14H,4,7,10-12,15H2,(H,26,30). The van der Waals surface area contributed by atoms with Crippen molar-refractivity contribution in [1.82, 2.24) is 15.5 Å². The maximum atomic E-state index is 13.7. The minimum absolute atomic E-state index is 0.254. The minimum atomic E-state index is -0.321. The first-order valence-corrected chi connectivity index (χ1v) is 10.4. The molecule has 2 aromatic carbocycles. The van der Waals surface area contributed by atoms with Crippen molar-refractivity contribution in [2.75, 3.05) is 18.0 Å². The summed E-state index contributed by atoms with van der Waals surface area (Å²) in [7, 11) is 0. The Morgan fingerprint density at radius 2 is 1.97 bits per heavy atom. The lowest BCUT2D eigenvalue weighted by molar-refractivity contribution is 0.0948. The van der Waals surface area contributed by atoms with Crippen molar-refractivity contribution in [2.45, 2.75) is 25.8 Å². The summed E-state index contributed by atoms with van der Waals surface area (Å²) in [6, 6.07) is 16.1. The fourth-order valence-corrected chi connectivity index (χ4v) is 3.80. The van der Waals surface area contributed by atoms with Crippen LogP contribution in [-0.2, 0) is 19.4 Å². The van der Waals surface area contributed by atoms with Gasteiger partial charge in [0.15, 0.2) is 5.69 Å². The fourth-order valence-electron chi connectivity index (χ4n) is 3.62. The highest BCUT2D eigenvalue weighted by molar-refractivity contribution is 6.31. The van der Waals surface area contributed by atoms with Crippen molar-refractivity contribution in [2.24, 2.45) is 0 Å². The van der Waals surface area contributed by atoms with E-state index in [-0.39, 0.29) is 17.4 Å². The highest BCUT2D eigenvalue weighted by atomic mass is 35.5. The molecule has 3 aromatic rings. The molecular formula is C23H22ClFN4O. The fraction of sp³-hybridized carbons (Fsp3) is 0.261. The molecule has 0 unspecified atom stereocenters. The Morgan fingerprint density at radius 1 is 1.13 bits per heavy atom. The molecule has 0 aliphatic carbocycles. The number of aryl methyl sites for hydroxylation is 1. The summed E-state index contributed by atoms with van der Waals surface area (Å²) in [6.45, 7) is 1.75. The van der Waals surface area contributed by atoms with Gasteiger partial charge in [0.25, 0.3) is 5.91 Å². The summed E-state index contributed by atoms with van der Waals surface area (Å²) in [6.07, 6.45) is 2.46. The van der Waals surface area contributed by atoms with Crippen LogP contribution in [0.2, 0.25) is 5.02 Å². The number of nitrogens with one attached hydrogen (secondary N) is 1. The van der Waals surface area contributed by atoms with Crippen molar-refractivity contribution >= 4 is 23.2 Å². The molecule has 1 aromatic heterocycles. The number of anilines is 1. The van der Waals surface area contributed by atoms with Gasteiger partial charge >= 0.3 is 0 Å². The number of carbonyl (C=O) groups excluding carboxylic acids is 1. The van der Waals surface area contributed by atoms with E-state index >= 15 is 0 Å². The third kappa shape index (κ3) is 4.76. The Labute approximate surface area is 179 Å². The zero-order valence-electron chi connectivity index (χ0n) is 16.4. The summed E-state index contributed by atoms with van der Waals surface area (Å²) >= 11 is 6.25. The Balaban J connectivity index is 1.47. The van der Waals surface area contributed by atoms with Gasteiger partial charge in [-0.1, -0.05) is 41.9 Å². The van der Waals surface area contributed by atoms with Crippen LogP contribution >= 0.6 is 11.6 Å². The van der Waals surface area contributed by atoms with Crippen LogP contribution in [0.3, 0.4) is 0 Å². The van der Waals surface area contributed by atoms with E-state index in [0.29, 0.717) is 23.7 Å². The zero-order chi connectivity index (χ0) is 20.9. The molecule has 7 heteroatoms. The van der Waals surface area contributed by atoms with Gasteiger partial charge in [-0.25, -0.2) is 4.39 Å². The van der Waals surface area contributed by atoms with E-state index in [1.54, 1.807) is 12.1 Å². The smallest absolute Gasteiger partial charge is 0.271 e. The predicted octanol–water partition coefficient (Wildman–Crippen LogP) is 4.19. The largest absolute Gasteiger partial charge is 0.366 e. The predicted molar refractivity (Wildman–Crippen MR) is 115 cm³/mol. The van der Waals surface area contributed by atoms with E-state index in [1.165, 1.54) is 12.1 Å². The van der Waals surface area contributed by atoms with Crippen molar-refractivity contribution in [1.29, 1.82) is 0 Å². The van der Waals surface area contributed by atoms with Gasteiger partial charge in [0.05, 0.1) is 11.4 Å². The molecule has 1 aliphatic rings. The van der Waals surface area contributed by atoms with Crippen LogP contribution < -0.4 is 10.2 Å². The van der Waals surface area contributed by atoms with Crippen molar-refractivity contribution in [3.63, 3.8) is 0 Å². The van der Waals surface area contributed by atoms with Crippen LogP contribution in [0.5, 0.6) is 0 Å². The monoisotopic (exact) mass is 424 g/mol. The Morgan fingerprint density at radius 3 is 2.80 bits per heavy atom. The summed E-state index contributed by atoms with van der Waals surface area (Å²) in [5.41, 5.74) is 3.83. The molecule has 0 bridgehead atoms. The first-order valence-electron chi connectivity index (χ1n) is 9.98. The topological polar surface area (TPSA) is 58.1 Å². The summed E-state index contributed by atoms with van der Waals surface area (Å²) < 4.78 is 13.7. The van der Waals surface area contributed by atoms with E-state index < -0.39 is 0 Å². The number of fused-ring (bicyclic) bond motifs is 1. The molecule has 0 saturated carbocycles. The second-order valence-electron chi connectivity index (χ2n) is 7.31. The molecule has 154 valence electrons. The van der Waals surface area contributed by atoms with E-state index in [9.17, 15) is 9.18 Å². The number of halogens is 2. The second kappa shape index (κ2) is 9.22. The van der Waals surface area contributed by atoms with Crippen LogP contribution in [0.15, 0.2) is 54.6 Å². The van der Waals surface area contributed by atoms with Crippen LogP contribution in [0, 0.1) is 5.82 Å². The van der Waals surface area contributed by atoms with Gasteiger partial charge in [0.1, 0.15) is 5.82 Å². The van der Waals surface area contributed by atoms with E-state index in [4.69, 9.17) is 11.6 Å². The van der Waals surface area contributed by atoms with Gasteiger partial charge in [-0.15, -0.1) is 5.10 Å². The van der Waals surface area contributed by atoms with E-state index in [0.717, 1.165) is 42.8 Å². The molecule has 30 heavy (non-hydrogen) atoms. The maximum absolute atomic E-state index is 13.7. The van der Waals surface area contributed by atoms with Crippen molar-refractivity contribution < 1.29 is 9.18 Å². The number of hydrogen-bond acceptors (Lipinski definition) is 4. The lowest BCUT2D eigenvalue weighted by atomic mass is 10.1. The Hall–Kier alpha value is -2.99. The second-order valence-corrected chi connectivity index (χ2v) is 7.72. The average Bonchev–Trinajstić information content (AvgIpc) is 2.77. The van der Waals surface area contributed by atoms with E-state index in [1.807, 2.05) is 30.3 Å². The number of carbonyl (C=O) groups is 1. The quantitative estimate of drug-likeness (QED) is 0.644. The van der Waals surface area contributed by atoms with Crippen LogP contribution in [0.25, 0.3) is 0 Å². The van der Waals surface area contributed by atoms with Gasteiger partial charge in [-0.3, -0.25) is 4.79 Å². The van der Waals surface area contributed by atoms with Gasteiger partial charge in [0.2, 0.25) is 0 Å². The molecule has 1 N–H and O–H groups in total. The lowest BCUT2D eigenvalue weighted by Crippen LogP contribution is -2.32. The molecule has 0 fully saturated rings. The zero-order valence-corrected chi connectivity index (χ0v) is 17.2. The number of aromatic nitrogens is 2. The number of amides is 1. The average molecular weight is 425 g/mol. The molecule has 2 heterocycles. The van der Waals surface area contributed by atoms with Gasteiger partial charge in [-0.2, -0.15) is 5.10 Å². The molecule has 0 spiro atoms. The molecule has 5 nitrogen and oxygen atoms in total. The molecule has 0 radical (unpaired) electrons. The van der Waals surface area contributed by atoms with E-state index in [2.05, 4.69) is 20.4 Å². The molecular weight excluding hydrogens is 403 g/mol. The molecule has 1 amide bonds. The first kappa shape index (κ1) is 20.3. The highest BCUT2D eigenvalue weighted by Gasteiger charge is 2.22. The number of nitrogens with zero attached hydrogens (tertiary/aromatic N) is 3. The van der Waals surface area contributed by atoms with Gasteiger partial charge < -0.3 is 10.2 Å². The summed E-state index contributed by atoms with van der Waals surface area (Å²) in [5.74, 6) is -0.575. The number of hydrogen-bond donors (Lipinski definition) is 1. The third-order valence-corrected chi connectivity index (χ3v) is 5.54. The van der Waals surface area contributed by atoms with Crippen LogP contribution in [0.4, 0.5) is 10.1 Å². The van der Waals surface area contributed by atoms with Crippen molar-refractivity contribution in [3.8, 4) is 0 Å². The Bertz CT molecular complexity index is 1040. The number of benzene rings is 2. The van der Waals surface area contributed by atoms with Crippen LogP contribution in [-0.4, -0.2) is 29.2 Å². The van der Waals surface area contributed by atoms with Gasteiger partial charge in [0, 0.05) is 24.7 Å². The Kier molecular flexibility index (Phi) is 6.23. The highest BCUT2D eigenvalue weighted by Crippen LogP contribution is 2.29. The summed E-state index contributed by atoms with van der Waals surface area (Å²) in [5, 5.41) is 11.8. The number of rotatable bonds is 6. The van der Waals surface area contributed by atoms with Gasteiger partial charge in [-0.05, 0) is 54.7 Å². The first-order chi connectivity index (χ1) is 14.6. The molecule has 0 saturated heterocycles. The minimum Gasteiger partial charge on any atom is -0.366 e. The molecule has 1 aliphatic heterocycles. The molecule has 0 atom stereocenters. The van der Waals surface area contributed by atoms with Crippen LogP contribution in [0.1, 0.15) is 33.7 Å². The normalized spacial score (nSPS) is 13.1. The SMILES string of the molecule is O=C(NCCc1ccccc1)c1cc2c(nn1)CCCN2Cc1cc(F)ccc1Cl.